The van der Waals surface area contributed by atoms with Gasteiger partial charge in [0.25, 0.3) is 5.91 Å². The lowest BCUT2D eigenvalue weighted by atomic mass is 9.95. The molecule has 0 N–H and O–H groups in total. The molecule has 0 bridgehead atoms. The van der Waals surface area contributed by atoms with E-state index in [2.05, 4.69) is 21.8 Å². The van der Waals surface area contributed by atoms with Crippen molar-refractivity contribution in [3.8, 4) is 17.0 Å². The van der Waals surface area contributed by atoms with Crippen LogP contribution in [0.4, 0.5) is 0 Å². The molecule has 0 spiro atoms. The van der Waals surface area contributed by atoms with Gasteiger partial charge in [-0.15, -0.1) is 0 Å². The molecule has 0 atom stereocenters. The minimum absolute atomic E-state index is 0.0743. The van der Waals surface area contributed by atoms with E-state index in [1.54, 1.807) is 18.4 Å². The van der Waals surface area contributed by atoms with Crippen molar-refractivity contribution in [3.63, 3.8) is 0 Å². The normalized spacial score (nSPS) is 14.9. The predicted molar refractivity (Wildman–Crippen MR) is 111 cm³/mol. The first-order chi connectivity index (χ1) is 13.6. The Morgan fingerprint density at radius 2 is 1.89 bits per heavy atom. The third-order valence-corrected chi connectivity index (χ3v) is 5.86. The van der Waals surface area contributed by atoms with Gasteiger partial charge in [0, 0.05) is 41.2 Å². The van der Waals surface area contributed by atoms with Crippen LogP contribution in [0.5, 0.6) is 5.75 Å². The minimum Gasteiger partial charge on any atom is -0.497 e. The second-order valence-electron chi connectivity index (χ2n) is 7.06. The van der Waals surface area contributed by atoms with Crippen LogP contribution in [-0.2, 0) is 0 Å². The Morgan fingerprint density at radius 3 is 2.54 bits per heavy atom. The molecular formula is C22H23N3O2S. The SMILES string of the molecule is COc1ccc(C(=O)N2CCC(c3nc(C)cc(-c4ccsc4)n3)CC2)cc1. The van der Waals surface area contributed by atoms with Crippen LogP contribution in [0.15, 0.2) is 47.2 Å². The van der Waals surface area contributed by atoms with E-state index in [4.69, 9.17) is 9.72 Å². The average Bonchev–Trinajstić information content (AvgIpc) is 3.28. The first kappa shape index (κ1) is 18.6. The zero-order valence-corrected chi connectivity index (χ0v) is 16.9. The highest BCUT2D eigenvalue weighted by Crippen LogP contribution is 2.29. The summed E-state index contributed by atoms with van der Waals surface area (Å²) >= 11 is 1.67. The molecule has 5 nitrogen and oxygen atoms in total. The average molecular weight is 394 g/mol. The van der Waals surface area contributed by atoms with Crippen molar-refractivity contribution < 1.29 is 9.53 Å². The molecule has 4 rings (SSSR count). The Kier molecular flexibility index (Phi) is 5.39. The number of amides is 1. The molecule has 1 saturated heterocycles. The molecule has 1 amide bonds. The summed E-state index contributed by atoms with van der Waals surface area (Å²) in [6.45, 7) is 3.46. The predicted octanol–water partition coefficient (Wildman–Crippen LogP) is 4.54. The van der Waals surface area contributed by atoms with Gasteiger partial charge in [-0.1, -0.05) is 0 Å². The second kappa shape index (κ2) is 8.10. The number of carbonyl (C=O) groups is 1. The zero-order valence-electron chi connectivity index (χ0n) is 16.1. The van der Waals surface area contributed by atoms with Crippen molar-refractivity contribution in [3.05, 3.63) is 64.2 Å². The molecular weight excluding hydrogens is 370 g/mol. The molecule has 0 radical (unpaired) electrons. The van der Waals surface area contributed by atoms with E-state index < -0.39 is 0 Å². The summed E-state index contributed by atoms with van der Waals surface area (Å²) in [5, 5.41) is 4.18. The van der Waals surface area contributed by atoms with E-state index in [0.29, 0.717) is 5.56 Å². The Labute approximate surface area is 169 Å². The fourth-order valence-corrected chi connectivity index (χ4v) is 4.24. The van der Waals surface area contributed by atoms with E-state index in [9.17, 15) is 4.79 Å². The van der Waals surface area contributed by atoms with Crippen LogP contribution in [0, 0.1) is 6.92 Å². The molecule has 6 heteroatoms. The molecule has 0 aliphatic carbocycles. The number of ether oxygens (including phenoxy) is 1. The molecule has 3 aromatic rings. The molecule has 3 heterocycles. The van der Waals surface area contributed by atoms with E-state index in [0.717, 1.165) is 54.5 Å². The van der Waals surface area contributed by atoms with Crippen molar-refractivity contribution in [2.75, 3.05) is 20.2 Å². The number of aromatic nitrogens is 2. The largest absolute Gasteiger partial charge is 0.497 e. The highest BCUT2D eigenvalue weighted by molar-refractivity contribution is 7.08. The number of benzene rings is 1. The van der Waals surface area contributed by atoms with Gasteiger partial charge < -0.3 is 9.64 Å². The number of hydrogen-bond acceptors (Lipinski definition) is 5. The smallest absolute Gasteiger partial charge is 0.253 e. The first-order valence-electron chi connectivity index (χ1n) is 9.45. The minimum atomic E-state index is 0.0743. The number of methoxy groups -OCH3 is 1. The van der Waals surface area contributed by atoms with Gasteiger partial charge in [-0.3, -0.25) is 4.79 Å². The number of carbonyl (C=O) groups excluding carboxylic acids is 1. The summed E-state index contributed by atoms with van der Waals surface area (Å²) in [4.78, 5) is 24.2. The highest BCUT2D eigenvalue weighted by atomic mass is 32.1. The Balaban J connectivity index is 1.44. The fraction of sp³-hybridized carbons (Fsp3) is 0.318. The lowest BCUT2D eigenvalue weighted by Gasteiger charge is -2.31. The monoisotopic (exact) mass is 393 g/mol. The maximum Gasteiger partial charge on any atom is 0.253 e. The van der Waals surface area contributed by atoms with Crippen molar-refractivity contribution in [1.29, 1.82) is 0 Å². The molecule has 1 fully saturated rings. The van der Waals surface area contributed by atoms with Gasteiger partial charge in [0.05, 0.1) is 12.8 Å². The van der Waals surface area contributed by atoms with E-state index in [1.807, 2.05) is 42.2 Å². The summed E-state index contributed by atoms with van der Waals surface area (Å²) in [6.07, 6.45) is 1.77. The molecule has 28 heavy (non-hydrogen) atoms. The summed E-state index contributed by atoms with van der Waals surface area (Å²) in [6, 6.07) is 11.4. The molecule has 1 aliphatic rings. The third kappa shape index (κ3) is 3.92. The van der Waals surface area contributed by atoms with Crippen LogP contribution in [0.1, 0.15) is 40.6 Å². The van der Waals surface area contributed by atoms with Crippen molar-refractivity contribution >= 4 is 17.2 Å². The van der Waals surface area contributed by atoms with E-state index >= 15 is 0 Å². The van der Waals surface area contributed by atoms with Crippen LogP contribution in [0.2, 0.25) is 0 Å². The Hall–Kier alpha value is -2.73. The molecule has 0 unspecified atom stereocenters. The topological polar surface area (TPSA) is 55.3 Å². The highest BCUT2D eigenvalue weighted by Gasteiger charge is 2.26. The molecule has 2 aromatic heterocycles. The lowest BCUT2D eigenvalue weighted by molar-refractivity contribution is 0.0711. The number of hydrogen-bond donors (Lipinski definition) is 0. The Bertz CT molecular complexity index is 946. The van der Waals surface area contributed by atoms with Crippen molar-refractivity contribution in [1.82, 2.24) is 14.9 Å². The second-order valence-corrected chi connectivity index (χ2v) is 7.84. The van der Waals surface area contributed by atoms with Gasteiger partial charge in [0.1, 0.15) is 11.6 Å². The zero-order chi connectivity index (χ0) is 19.5. The van der Waals surface area contributed by atoms with Crippen LogP contribution >= 0.6 is 11.3 Å². The van der Waals surface area contributed by atoms with Gasteiger partial charge >= 0.3 is 0 Å². The number of thiophene rings is 1. The number of rotatable bonds is 4. The standard InChI is InChI=1S/C22H23N3O2S/c1-15-13-20(18-9-12-28-14-18)24-21(23-15)16-7-10-25(11-8-16)22(26)17-3-5-19(27-2)6-4-17/h3-6,9,12-14,16H,7-8,10-11H2,1-2H3. The van der Waals surface area contributed by atoms with Gasteiger partial charge in [0.15, 0.2) is 0 Å². The van der Waals surface area contributed by atoms with Gasteiger partial charge in [-0.2, -0.15) is 11.3 Å². The van der Waals surface area contributed by atoms with Crippen LogP contribution < -0.4 is 4.74 Å². The maximum absolute atomic E-state index is 12.8. The summed E-state index contributed by atoms with van der Waals surface area (Å²) < 4.78 is 5.17. The van der Waals surface area contributed by atoms with Crippen molar-refractivity contribution in [2.45, 2.75) is 25.7 Å². The fourth-order valence-electron chi connectivity index (χ4n) is 3.59. The van der Waals surface area contributed by atoms with Gasteiger partial charge in [-0.25, -0.2) is 9.97 Å². The van der Waals surface area contributed by atoms with Crippen LogP contribution in [0.25, 0.3) is 11.3 Å². The first-order valence-corrected chi connectivity index (χ1v) is 10.4. The van der Waals surface area contributed by atoms with Crippen molar-refractivity contribution in [2.24, 2.45) is 0 Å². The summed E-state index contributed by atoms with van der Waals surface area (Å²) in [5.74, 6) is 2.02. The maximum atomic E-state index is 12.8. The molecule has 1 aromatic carbocycles. The van der Waals surface area contributed by atoms with Gasteiger partial charge in [0.2, 0.25) is 0 Å². The van der Waals surface area contributed by atoms with E-state index in [-0.39, 0.29) is 11.8 Å². The summed E-state index contributed by atoms with van der Waals surface area (Å²) in [7, 11) is 1.62. The van der Waals surface area contributed by atoms with Crippen LogP contribution in [-0.4, -0.2) is 41.0 Å². The Morgan fingerprint density at radius 1 is 1.14 bits per heavy atom. The van der Waals surface area contributed by atoms with E-state index in [1.165, 1.54) is 0 Å². The molecule has 1 aliphatic heterocycles. The quantitative estimate of drug-likeness (QED) is 0.653. The summed E-state index contributed by atoms with van der Waals surface area (Å²) in [5.41, 5.74) is 3.82. The lowest BCUT2D eigenvalue weighted by Crippen LogP contribution is -2.38. The van der Waals surface area contributed by atoms with Crippen LogP contribution in [0.3, 0.4) is 0 Å². The van der Waals surface area contributed by atoms with Gasteiger partial charge in [-0.05, 0) is 61.5 Å². The third-order valence-electron chi connectivity index (χ3n) is 5.17. The number of nitrogens with zero attached hydrogens (tertiary/aromatic N) is 3. The number of aryl methyl sites for hydroxylation is 1. The number of piperidine rings is 1. The molecule has 0 saturated carbocycles. The number of likely N-dealkylation sites (tertiary alicyclic amines) is 1. The molecule has 144 valence electrons.